The fourth-order valence-electron chi connectivity index (χ4n) is 2.54. The molecule has 0 aromatic carbocycles. The van der Waals surface area contributed by atoms with Crippen LogP contribution in [0.25, 0.3) is 10.7 Å². The molecule has 106 valence electrons. The molecule has 0 spiro atoms. The van der Waals surface area contributed by atoms with E-state index >= 15 is 0 Å². The van der Waals surface area contributed by atoms with E-state index in [4.69, 9.17) is 4.98 Å². The molecule has 20 heavy (non-hydrogen) atoms. The second kappa shape index (κ2) is 5.97. The molecule has 2 aromatic heterocycles. The highest BCUT2D eigenvalue weighted by Crippen LogP contribution is 2.37. The largest absolute Gasteiger partial charge is 0.309 e. The summed E-state index contributed by atoms with van der Waals surface area (Å²) in [6.07, 6.45) is 5.77. The molecule has 3 rings (SSSR count). The van der Waals surface area contributed by atoms with Crippen LogP contribution in [0, 0.1) is 5.82 Å². The fraction of sp³-hybridized carbons (Fsp3) is 0.467. The molecule has 1 atom stereocenters. The van der Waals surface area contributed by atoms with Crippen LogP contribution in [-0.2, 0) is 6.42 Å². The first-order valence-corrected chi connectivity index (χ1v) is 7.94. The molecule has 0 fully saturated rings. The van der Waals surface area contributed by atoms with Gasteiger partial charge in [-0.1, -0.05) is 6.92 Å². The van der Waals surface area contributed by atoms with Gasteiger partial charge in [0.1, 0.15) is 10.8 Å². The Bertz CT molecular complexity index is 579. The highest BCUT2D eigenvalue weighted by Gasteiger charge is 2.24. The molecule has 0 bridgehead atoms. The number of hydrogen-bond donors (Lipinski definition) is 1. The van der Waals surface area contributed by atoms with Crippen molar-refractivity contribution >= 4 is 11.3 Å². The Morgan fingerprint density at radius 1 is 1.45 bits per heavy atom. The number of aromatic nitrogens is 2. The van der Waals surface area contributed by atoms with E-state index < -0.39 is 0 Å². The third-order valence-corrected chi connectivity index (χ3v) is 4.77. The summed E-state index contributed by atoms with van der Waals surface area (Å²) in [5.74, 6) is -0.308. The van der Waals surface area contributed by atoms with Gasteiger partial charge in [-0.15, -0.1) is 11.3 Å². The maximum Gasteiger partial charge on any atom is 0.142 e. The van der Waals surface area contributed by atoms with E-state index in [2.05, 4.69) is 17.2 Å². The summed E-state index contributed by atoms with van der Waals surface area (Å²) >= 11 is 1.69. The Morgan fingerprint density at radius 2 is 2.35 bits per heavy atom. The third kappa shape index (κ3) is 2.74. The highest BCUT2D eigenvalue weighted by atomic mass is 32.1. The summed E-state index contributed by atoms with van der Waals surface area (Å²) in [5.41, 5.74) is 1.95. The van der Waals surface area contributed by atoms with Crippen LogP contribution in [0.15, 0.2) is 18.3 Å². The van der Waals surface area contributed by atoms with Crippen molar-refractivity contribution in [1.29, 1.82) is 0 Å². The monoisotopic (exact) mass is 291 g/mol. The normalized spacial score (nSPS) is 18.0. The lowest BCUT2D eigenvalue weighted by Crippen LogP contribution is -2.24. The van der Waals surface area contributed by atoms with Gasteiger partial charge in [0.2, 0.25) is 0 Å². The summed E-state index contributed by atoms with van der Waals surface area (Å²) < 4.78 is 12.9. The number of rotatable bonds is 4. The number of fused-ring (bicyclic) bond motifs is 1. The number of pyridine rings is 1. The summed E-state index contributed by atoms with van der Waals surface area (Å²) in [5, 5.41) is 4.49. The van der Waals surface area contributed by atoms with Crippen LogP contribution in [0.2, 0.25) is 0 Å². The Morgan fingerprint density at radius 3 is 3.10 bits per heavy atom. The van der Waals surface area contributed by atoms with Gasteiger partial charge in [-0.05, 0) is 44.4 Å². The predicted octanol–water partition coefficient (Wildman–Crippen LogP) is 3.72. The first kappa shape index (κ1) is 13.6. The lowest BCUT2D eigenvalue weighted by atomic mass is 9.98. The smallest absolute Gasteiger partial charge is 0.142 e. The predicted molar refractivity (Wildman–Crippen MR) is 79.3 cm³/mol. The standard InChI is InChI=1S/C15H18FN3S/c1-2-8-17-11-4-3-5-12-14(11)20-15(19-12)13-7-6-10(16)9-18-13/h6-7,9,11,17H,2-5,8H2,1H3. The van der Waals surface area contributed by atoms with Crippen molar-refractivity contribution < 1.29 is 4.39 Å². The van der Waals surface area contributed by atoms with Crippen LogP contribution in [0.4, 0.5) is 4.39 Å². The van der Waals surface area contributed by atoms with Crippen molar-refractivity contribution in [2.75, 3.05) is 6.54 Å². The molecule has 1 aliphatic rings. The number of aryl methyl sites for hydroxylation is 1. The Labute approximate surface area is 122 Å². The lowest BCUT2D eigenvalue weighted by molar-refractivity contribution is 0.465. The molecule has 1 unspecified atom stereocenters. The number of hydrogen-bond acceptors (Lipinski definition) is 4. The van der Waals surface area contributed by atoms with Gasteiger partial charge in [0.15, 0.2) is 0 Å². The molecule has 0 saturated carbocycles. The zero-order valence-corrected chi connectivity index (χ0v) is 12.3. The first-order chi connectivity index (χ1) is 9.78. The average Bonchev–Trinajstić information content (AvgIpc) is 2.90. The van der Waals surface area contributed by atoms with E-state index in [1.807, 2.05) is 0 Å². The summed E-state index contributed by atoms with van der Waals surface area (Å²) in [6, 6.07) is 3.56. The molecule has 0 aliphatic heterocycles. The van der Waals surface area contributed by atoms with Crippen molar-refractivity contribution in [1.82, 2.24) is 15.3 Å². The molecular formula is C15H18FN3S. The second-order valence-electron chi connectivity index (χ2n) is 5.09. The van der Waals surface area contributed by atoms with Gasteiger partial charge in [-0.25, -0.2) is 9.37 Å². The van der Waals surface area contributed by atoms with Gasteiger partial charge in [-0.3, -0.25) is 4.98 Å². The molecule has 1 N–H and O–H groups in total. The van der Waals surface area contributed by atoms with Crippen LogP contribution in [0.1, 0.15) is 42.8 Å². The lowest BCUT2D eigenvalue weighted by Gasteiger charge is -2.22. The van der Waals surface area contributed by atoms with Gasteiger partial charge < -0.3 is 5.32 Å². The summed E-state index contributed by atoms with van der Waals surface area (Å²) in [4.78, 5) is 10.2. The van der Waals surface area contributed by atoms with Crippen molar-refractivity contribution in [3.8, 4) is 10.7 Å². The quantitative estimate of drug-likeness (QED) is 0.933. The van der Waals surface area contributed by atoms with E-state index in [9.17, 15) is 4.39 Å². The zero-order valence-electron chi connectivity index (χ0n) is 11.5. The Balaban J connectivity index is 1.88. The van der Waals surface area contributed by atoms with Crippen LogP contribution in [-0.4, -0.2) is 16.5 Å². The Kier molecular flexibility index (Phi) is 4.08. The maximum atomic E-state index is 12.9. The van der Waals surface area contributed by atoms with Crippen LogP contribution < -0.4 is 5.32 Å². The van der Waals surface area contributed by atoms with Gasteiger partial charge in [0.25, 0.3) is 0 Å². The Hall–Kier alpha value is -1.33. The topological polar surface area (TPSA) is 37.8 Å². The SMILES string of the molecule is CCCNC1CCCc2nc(-c3ccc(F)cn3)sc21. The maximum absolute atomic E-state index is 12.9. The van der Waals surface area contributed by atoms with E-state index in [0.717, 1.165) is 30.1 Å². The minimum absolute atomic E-state index is 0.308. The number of nitrogens with one attached hydrogen (secondary N) is 1. The molecule has 2 heterocycles. The van der Waals surface area contributed by atoms with Crippen LogP contribution in [0.3, 0.4) is 0 Å². The van der Waals surface area contributed by atoms with Crippen molar-refractivity contribution in [2.45, 2.75) is 38.6 Å². The van der Waals surface area contributed by atoms with Crippen molar-refractivity contribution in [3.63, 3.8) is 0 Å². The van der Waals surface area contributed by atoms with E-state index in [0.29, 0.717) is 6.04 Å². The minimum Gasteiger partial charge on any atom is -0.309 e. The number of halogens is 1. The third-order valence-electron chi connectivity index (χ3n) is 3.54. The molecule has 0 saturated heterocycles. The number of nitrogens with zero attached hydrogens (tertiary/aromatic N) is 2. The minimum atomic E-state index is -0.308. The summed E-state index contributed by atoms with van der Waals surface area (Å²) in [6.45, 7) is 3.21. The molecule has 3 nitrogen and oxygen atoms in total. The molecule has 2 aromatic rings. The molecule has 0 radical (unpaired) electrons. The fourth-order valence-corrected chi connectivity index (χ4v) is 3.74. The van der Waals surface area contributed by atoms with E-state index in [-0.39, 0.29) is 5.82 Å². The van der Waals surface area contributed by atoms with Crippen molar-refractivity contribution in [2.24, 2.45) is 0 Å². The highest BCUT2D eigenvalue weighted by molar-refractivity contribution is 7.15. The van der Waals surface area contributed by atoms with Gasteiger partial charge >= 0.3 is 0 Å². The summed E-state index contributed by atoms with van der Waals surface area (Å²) in [7, 11) is 0. The van der Waals surface area contributed by atoms with Crippen LogP contribution >= 0.6 is 11.3 Å². The van der Waals surface area contributed by atoms with E-state index in [1.165, 1.54) is 35.7 Å². The molecule has 5 heteroatoms. The van der Waals surface area contributed by atoms with Crippen LogP contribution in [0.5, 0.6) is 0 Å². The second-order valence-corrected chi connectivity index (χ2v) is 6.12. The number of thiazole rings is 1. The van der Waals surface area contributed by atoms with Gasteiger partial charge in [0.05, 0.1) is 17.6 Å². The van der Waals surface area contributed by atoms with Gasteiger partial charge in [0, 0.05) is 10.9 Å². The molecule has 1 aliphatic carbocycles. The molecular weight excluding hydrogens is 273 g/mol. The zero-order chi connectivity index (χ0) is 13.9. The van der Waals surface area contributed by atoms with E-state index in [1.54, 1.807) is 17.4 Å². The molecule has 0 amide bonds. The van der Waals surface area contributed by atoms with Gasteiger partial charge in [-0.2, -0.15) is 0 Å². The average molecular weight is 291 g/mol. The first-order valence-electron chi connectivity index (χ1n) is 7.13. The van der Waals surface area contributed by atoms with Crippen molar-refractivity contribution in [3.05, 3.63) is 34.7 Å².